The molecule has 2 amide bonds. The molecule has 0 aliphatic heterocycles. The summed E-state index contributed by atoms with van der Waals surface area (Å²) in [6, 6.07) is 1.89. The average molecular weight is 353 g/mol. The zero-order valence-electron chi connectivity index (χ0n) is 11.0. The summed E-state index contributed by atoms with van der Waals surface area (Å²) in [7, 11) is 0. The molecule has 21 heavy (non-hydrogen) atoms. The van der Waals surface area contributed by atoms with Crippen LogP contribution in [-0.4, -0.2) is 27.6 Å². The third kappa shape index (κ3) is 3.52. The number of rotatable bonds is 5. The van der Waals surface area contributed by atoms with Gasteiger partial charge in [0.1, 0.15) is 6.54 Å². The standard InChI is InChI=1S/C13H13BrN4O3/c14-12-10(3-4-21-12)13(20)17-9-5-15-18(6-9)7-11(19)16-8-1-2-8/h3-6,8H,1-2,7H2,(H,16,19)(H,17,20). The Kier molecular flexibility index (Phi) is 3.78. The number of carbonyl (C=O) groups is 2. The molecular formula is C13H13BrN4O3. The van der Waals surface area contributed by atoms with E-state index in [9.17, 15) is 9.59 Å². The summed E-state index contributed by atoms with van der Waals surface area (Å²) < 4.78 is 6.86. The number of nitrogens with one attached hydrogen (secondary N) is 2. The summed E-state index contributed by atoms with van der Waals surface area (Å²) >= 11 is 3.15. The topological polar surface area (TPSA) is 89.2 Å². The fourth-order valence-corrected chi connectivity index (χ4v) is 2.24. The van der Waals surface area contributed by atoms with Gasteiger partial charge in [0.05, 0.1) is 23.7 Å². The van der Waals surface area contributed by atoms with Crippen LogP contribution in [0, 0.1) is 0 Å². The van der Waals surface area contributed by atoms with E-state index in [2.05, 4.69) is 31.7 Å². The molecule has 0 atom stereocenters. The number of anilines is 1. The largest absolute Gasteiger partial charge is 0.457 e. The lowest BCUT2D eigenvalue weighted by Crippen LogP contribution is -2.29. The summed E-state index contributed by atoms with van der Waals surface area (Å²) in [5.41, 5.74) is 0.918. The minimum Gasteiger partial charge on any atom is -0.457 e. The van der Waals surface area contributed by atoms with Crippen molar-refractivity contribution in [2.24, 2.45) is 0 Å². The SMILES string of the molecule is O=C(Cn1cc(NC(=O)c2ccoc2Br)cn1)NC1CC1. The van der Waals surface area contributed by atoms with Gasteiger partial charge >= 0.3 is 0 Å². The van der Waals surface area contributed by atoms with Crippen molar-refractivity contribution in [3.63, 3.8) is 0 Å². The van der Waals surface area contributed by atoms with Crippen molar-refractivity contribution >= 4 is 33.4 Å². The summed E-state index contributed by atoms with van der Waals surface area (Å²) in [4.78, 5) is 23.6. The van der Waals surface area contributed by atoms with Crippen LogP contribution in [-0.2, 0) is 11.3 Å². The molecule has 0 spiro atoms. The second-order valence-corrected chi connectivity index (χ2v) is 5.55. The van der Waals surface area contributed by atoms with Gasteiger partial charge in [0.2, 0.25) is 5.91 Å². The molecule has 1 saturated carbocycles. The molecule has 1 fully saturated rings. The molecule has 0 aromatic carbocycles. The van der Waals surface area contributed by atoms with Gasteiger partial charge in [0.15, 0.2) is 4.67 Å². The van der Waals surface area contributed by atoms with Crippen molar-refractivity contribution in [1.82, 2.24) is 15.1 Å². The molecule has 2 heterocycles. The Morgan fingerprint density at radius 2 is 2.29 bits per heavy atom. The minimum atomic E-state index is -0.308. The third-order valence-corrected chi connectivity index (χ3v) is 3.62. The van der Waals surface area contributed by atoms with E-state index in [1.165, 1.54) is 17.1 Å². The summed E-state index contributed by atoms with van der Waals surface area (Å²) in [6.45, 7) is 0.141. The van der Waals surface area contributed by atoms with Crippen molar-refractivity contribution in [3.8, 4) is 0 Å². The first kappa shape index (κ1) is 13.9. The number of hydrogen-bond acceptors (Lipinski definition) is 4. The molecule has 0 saturated heterocycles. The molecule has 0 bridgehead atoms. The lowest BCUT2D eigenvalue weighted by Gasteiger charge is -2.03. The Labute approximate surface area is 128 Å². The van der Waals surface area contributed by atoms with Gasteiger partial charge < -0.3 is 15.1 Å². The van der Waals surface area contributed by atoms with E-state index in [1.807, 2.05) is 0 Å². The van der Waals surface area contributed by atoms with Gasteiger partial charge in [-0.05, 0) is 34.8 Å². The van der Waals surface area contributed by atoms with Gasteiger partial charge in [-0.3, -0.25) is 14.3 Å². The van der Waals surface area contributed by atoms with Gasteiger partial charge in [-0.25, -0.2) is 0 Å². The van der Waals surface area contributed by atoms with Crippen LogP contribution >= 0.6 is 15.9 Å². The fourth-order valence-electron chi connectivity index (χ4n) is 1.82. The zero-order chi connectivity index (χ0) is 14.8. The predicted molar refractivity (Wildman–Crippen MR) is 77.8 cm³/mol. The minimum absolute atomic E-state index is 0.0731. The molecule has 0 radical (unpaired) electrons. The van der Waals surface area contributed by atoms with E-state index in [1.54, 1.807) is 12.3 Å². The van der Waals surface area contributed by atoms with Gasteiger partial charge in [-0.2, -0.15) is 5.10 Å². The van der Waals surface area contributed by atoms with Crippen molar-refractivity contribution in [2.45, 2.75) is 25.4 Å². The molecule has 7 nitrogen and oxygen atoms in total. The Morgan fingerprint density at radius 1 is 1.48 bits per heavy atom. The highest BCUT2D eigenvalue weighted by atomic mass is 79.9. The third-order valence-electron chi connectivity index (χ3n) is 3.00. The van der Waals surface area contributed by atoms with Gasteiger partial charge in [-0.15, -0.1) is 0 Å². The zero-order valence-corrected chi connectivity index (χ0v) is 12.6. The van der Waals surface area contributed by atoms with Crippen LogP contribution in [0.2, 0.25) is 0 Å². The molecular weight excluding hydrogens is 340 g/mol. The first-order valence-corrected chi connectivity index (χ1v) is 7.27. The number of furan rings is 1. The van der Waals surface area contributed by atoms with Crippen LogP contribution in [0.5, 0.6) is 0 Å². The predicted octanol–water partition coefficient (Wildman–Crippen LogP) is 1.77. The van der Waals surface area contributed by atoms with E-state index in [0.717, 1.165) is 12.8 Å². The molecule has 1 aliphatic carbocycles. The summed E-state index contributed by atoms with van der Waals surface area (Å²) in [6.07, 6.45) is 6.62. The van der Waals surface area contributed by atoms with Crippen LogP contribution in [0.25, 0.3) is 0 Å². The number of amides is 2. The highest BCUT2D eigenvalue weighted by molar-refractivity contribution is 9.10. The van der Waals surface area contributed by atoms with Crippen molar-refractivity contribution < 1.29 is 14.0 Å². The maximum absolute atomic E-state index is 12.0. The smallest absolute Gasteiger partial charge is 0.260 e. The lowest BCUT2D eigenvalue weighted by atomic mass is 10.3. The van der Waals surface area contributed by atoms with E-state index >= 15 is 0 Å². The molecule has 2 N–H and O–H groups in total. The Hall–Kier alpha value is -2.09. The van der Waals surface area contributed by atoms with Crippen molar-refractivity contribution in [3.05, 3.63) is 35.0 Å². The average Bonchev–Trinajstić information content (AvgIpc) is 2.95. The Balaban J connectivity index is 1.58. The first-order chi connectivity index (χ1) is 10.1. The molecule has 8 heteroatoms. The van der Waals surface area contributed by atoms with Crippen molar-refractivity contribution in [1.29, 1.82) is 0 Å². The summed E-state index contributed by atoms with van der Waals surface area (Å²) in [5, 5.41) is 9.61. The van der Waals surface area contributed by atoms with E-state index in [0.29, 0.717) is 22.0 Å². The number of aromatic nitrogens is 2. The highest BCUT2D eigenvalue weighted by Gasteiger charge is 2.23. The molecule has 2 aromatic heterocycles. The quantitative estimate of drug-likeness (QED) is 0.857. The van der Waals surface area contributed by atoms with Crippen LogP contribution in [0.15, 0.2) is 33.8 Å². The molecule has 110 valence electrons. The first-order valence-electron chi connectivity index (χ1n) is 6.48. The number of hydrogen-bond donors (Lipinski definition) is 2. The lowest BCUT2D eigenvalue weighted by molar-refractivity contribution is -0.122. The van der Waals surface area contributed by atoms with E-state index in [-0.39, 0.29) is 18.4 Å². The fraction of sp³-hybridized carbons (Fsp3) is 0.308. The van der Waals surface area contributed by atoms with Crippen LogP contribution in [0.1, 0.15) is 23.2 Å². The second-order valence-electron chi connectivity index (χ2n) is 4.83. The maximum atomic E-state index is 12.0. The monoisotopic (exact) mass is 352 g/mol. The van der Waals surface area contributed by atoms with Crippen molar-refractivity contribution in [2.75, 3.05) is 5.32 Å². The Morgan fingerprint density at radius 3 is 2.95 bits per heavy atom. The molecule has 3 rings (SSSR count). The Bertz CT molecular complexity index is 675. The van der Waals surface area contributed by atoms with E-state index < -0.39 is 0 Å². The maximum Gasteiger partial charge on any atom is 0.260 e. The number of carbonyl (C=O) groups excluding carboxylic acids is 2. The second kappa shape index (κ2) is 5.72. The molecule has 0 unspecified atom stereocenters. The summed E-state index contributed by atoms with van der Waals surface area (Å²) in [5.74, 6) is -0.381. The van der Waals surface area contributed by atoms with Gasteiger partial charge in [-0.1, -0.05) is 0 Å². The highest BCUT2D eigenvalue weighted by Crippen LogP contribution is 2.19. The van der Waals surface area contributed by atoms with Gasteiger partial charge in [0.25, 0.3) is 5.91 Å². The van der Waals surface area contributed by atoms with Crippen LogP contribution in [0.4, 0.5) is 5.69 Å². The number of halogens is 1. The number of nitrogens with zero attached hydrogens (tertiary/aromatic N) is 2. The van der Waals surface area contributed by atoms with Crippen LogP contribution < -0.4 is 10.6 Å². The van der Waals surface area contributed by atoms with Gasteiger partial charge in [0, 0.05) is 12.2 Å². The normalized spacial score (nSPS) is 14.0. The van der Waals surface area contributed by atoms with E-state index in [4.69, 9.17) is 4.42 Å². The molecule has 1 aliphatic rings. The van der Waals surface area contributed by atoms with Crippen LogP contribution in [0.3, 0.4) is 0 Å². The molecule has 2 aromatic rings.